The van der Waals surface area contributed by atoms with E-state index >= 15 is 0 Å². The monoisotopic (exact) mass is 305 g/mol. The van der Waals surface area contributed by atoms with Crippen molar-refractivity contribution in [1.29, 1.82) is 0 Å². The molecule has 1 aliphatic rings. The van der Waals surface area contributed by atoms with Crippen molar-refractivity contribution in [3.05, 3.63) is 29.8 Å². The molecule has 1 aromatic rings. The smallest absolute Gasteiger partial charge is 0.243 e. The third kappa shape index (κ3) is 2.83. The SMILES string of the molecule is CN1CCN(S(=O)(=O)c2ccc(F)c(F)c2)C(CN)C1. The number of likely N-dealkylation sites (N-methyl/N-ethyl adjacent to an activating group) is 1. The topological polar surface area (TPSA) is 66.6 Å². The standard InChI is InChI=1S/C12H17F2N3O2S/c1-16-4-5-17(9(7-15)8-16)20(18,19)10-2-3-11(13)12(14)6-10/h2-3,6,9H,4-5,7-8,15H2,1H3. The molecule has 1 atom stereocenters. The molecule has 1 heterocycles. The van der Waals surface area contributed by atoms with Crippen molar-refractivity contribution >= 4 is 10.0 Å². The number of benzene rings is 1. The number of sulfonamides is 1. The van der Waals surface area contributed by atoms with E-state index in [1.807, 2.05) is 11.9 Å². The molecule has 1 unspecified atom stereocenters. The van der Waals surface area contributed by atoms with Crippen molar-refractivity contribution in [1.82, 2.24) is 9.21 Å². The van der Waals surface area contributed by atoms with Crippen LogP contribution >= 0.6 is 0 Å². The van der Waals surface area contributed by atoms with E-state index in [0.717, 1.165) is 12.1 Å². The Morgan fingerprint density at radius 2 is 2.00 bits per heavy atom. The van der Waals surface area contributed by atoms with Gasteiger partial charge in [0.25, 0.3) is 0 Å². The third-order valence-corrected chi connectivity index (χ3v) is 5.35. The fourth-order valence-electron chi connectivity index (χ4n) is 2.28. The number of nitrogens with zero attached hydrogens (tertiary/aromatic N) is 2. The molecule has 112 valence electrons. The van der Waals surface area contributed by atoms with Gasteiger partial charge in [-0.25, -0.2) is 17.2 Å². The van der Waals surface area contributed by atoms with Crippen LogP contribution in [0.5, 0.6) is 0 Å². The summed E-state index contributed by atoms with van der Waals surface area (Å²) in [5.41, 5.74) is 5.62. The van der Waals surface area contributed by atoms with Gasteiger partial charge in [0.15, 0.2) is 11.6 Å². The van der Waals surface area contributed by atoms with Crippen LogP contribution in [0.15, 0.2) is 23.1 Å². The first-order chi connectivity index (χ1) is 9.36. The van der Waals surface area contributed by atoms with Gasteiger partial charge in [-0.2, -0.15) is 4.31 Å². The van der Waals surface area contributed by atoms with Crippen LogP contribution in [0.2, 0.25) is 0 Å². The van der Waals surface area contributed by atoms with Crippen LogP contribution in [-0.4, -0.2) is 56.9 Å². The number of hydrogen-bond acceptors (Lipinski definition) is 4. The van der Waals surface area contributed by atoms with Crippen molar-refractivity contribution in [3.8, 4) is 0 Å². The van der Waals surface area contributed by atoms with E-state index < -0.39 is 21.7 Å². The second kappa shape index (κ2) is 5.72. The molecule has 2 N–H and O–H groups in total. The Hall–Kier alpha value is -1.09. The quantitative estimate of drug-likeness (QED) is 0.868. The fraction of sp³-hybridized carbons (Fsp3) is 0.500. The molecule has 0 radical (unpaired) electrons. The number of nitrogens with two attached hydrogens (primary N) is 1. The Kier molecular flexibility index (Phi) is 4.38. The minimum Gasteiger partial charge on any atom is -0.329 e. The summed E-state index contributed by atoms with van der Waals surface area (Å²) in [7, 11) is -1.99. The Morgan fingerprint density at radius 3 is 2.60 bits per heavy atom. The molecule has 1 saturated heterocycles. The lowest BCUT2D eigenvalue weighted by molar-refractivity contribution is 0.164. The summed E-state index contributed by atoms with van der Waals surface area (Å²) < 4.78 is 52.4. The van der Waals surface area contributed by atoms with Crippen molar-refractivity contribution in [2.45, 2.75) is 10.9 Å². The Labute approximate surface area is 117 Å². The summed E-state index contributed by atoms with van der Waals surface area (Å²) in [5, 5.41) is 0. The van der Waals surface area contributed by atoms with E-state index in [1.165, 1.54) is 4.31 Å². The van der Waals surface area contributed by atoms with Crippen LogP contribution in [0.1, 0.15) is 0 Å². The lowest BCUT2D eigenvalue weighted by atomic mass is 10.2. The molecule has 0 aromatic heterocycles. The van der Waals surface area contributed by atoms with Crippen LogP contribution < -0.4 is 5.73 Å². The fourth-order valence-corrected chi connectivity index (χ4v) is 3.91. The molecule has 0 spiro atoms. The summed E-state index contributed by atoms with van der Waals surface area (Å²) >= 11 is 0. The summed E-state index contributed by atoms with van der Waals surface area (Å²) in [4.78, 5) is 1.73. The molecule has 1 aliphatic heterocycles. The normalized spacial score (nSPS) is 22.1. The first-order valence-corrected chi connectivity index (χ1v) is 7.65. The maximum absolute atomic E-state index is 13.2. The minimum absolute atomic E-state index is 0.174. The molecular weight excluding hydrogens is 288 g/mol. The zero-order valence-corrected chi connectivity index (χ0v) is 11.9. The summed E-state index contributed by atoms with van der Waals surface area (Å²) in [6, 6.07) is 2.22. The van der Waals surface area contributed by atoms with Crippen LogP contribution in [0.3, 0.4) is 0 Å². The molecule has 2 rings (SSSR count). The molecule has 5 nitrogen and oxygen atoms in total. The summed E-state index contributed by atoms with van der Waals surface area (Å²) in [5.74, 6) is -2.25. The van der Waals surface area contributed by atoms with E-state index in [-0.39, 0.29) is 24.0 Å². The molecule has 1 aromatic carbocycles. The molecule has 0 saturated carbocycles. The molecule has 1 fully saturated rings. The predicted molar refractivity (Wildman–Crippen MR) is 70.6 cm³/mol. The van der Waals surface area contributed by atoms with Gasteiger partial charge in [0.1, 0.15) is 0 Å². The Balaban J connectivity index is 2.35. The van der Waals surface area contributed by atoms with Gasteiger partial charge in [0, 0.05) is 26.2 Å². The van der Waals surface area contributed by atoms with Gasteiger partial charge in [-0.3, -0.25) is 0 Å². The predicted octanol–water partition coefficient (Wildman–Crippen LogP) is 0.228. The van der Waals surface area contributed by atoms with Gasteiger partial charge >= 0.3 is 0 Å². The highest BCUT2D eigenvalue weighted by atomic mass is 32.2. The number of halogens is 2. The van der Waals surface area contributed by atoms with Crippen molar-refractivity contribution in [2.75, 3.05) is 33.2 Å². The minimum atomic E-state index is -3.87. The van der Waals surface area contributed by atoms with Gasteiger partial charge in [-0.15, -0.1) is 0 Å². The zero-order chi connectivity index (χ0) is 14.9. The van der Waals surface area contributed by atoms with Gasteiger partial charge in [0.05, 0.1) is 10.9 Å². The molecule has 0 aliphatic carbocycles. The van der Waals surface area contributed by atoms with Crippen molar-refractivity contribution in [3.63, 3.8) is 0 Å². The van der Waals surface area contributed by atoms with Crippen molar-refractivity contribution in [2.24, 2.45) is 5.73 Å². The summed E-state index contributed by atoms with van der Waals surface area (Å²) in [6.07, 6.45) is 0. The molecular formula is C12H17F2N3O2S. The average Bonchev–Trinajstić information content (AvgIpc) is 2.41. The Morgan fingerprint density at radius 1 is 1.30 bits per heavy atom. The molecule has 20 heavy (non-hydrogen) atoms. The number of piperazine rings is 1. The van der Waals surface area contributed by atoms with Crippen LogP contribution in [0.25, 0.3) is 0 Å². The number of hydrogen-bond donors (Lipinski definition) is 1. The second-order valence-corrected chi connectivity index (χ2v) is 6.73. The van der Waals surface area contributed by atoms with E-state index in [4.69, 9.17) is 5.73 Å². The lowest BCUT2D eigenvalue weighted by Gasteiger charge is -2.38. The van der Waals surface area contributed by atoms with Gasteiger partial charge < -0.3 is 10.6 Å². The highest BCUT2D eigenvalue weighted by molar-refractivity contribution is 7.89. The number of rotatable bonds is 3. The lowest BCUT2D eigenvalue weighted by Crippen LogP contribution is -2.56. The van der Waals surface area contributed by atoms with E-state index in [0.29, 0.717) is 19.2 Å². The van der Waals surface area contributed by atoms with Gasteiger partial charge in [-0.1, -0.05) is 0 Å². The molecule has 8 heteroatoms. The third-order valence-electron chi connectivity index (χ3n) is 3.40. The van der Waals surface area contributed by atoms with Gasteiger partial charge in [0.2, 0.25) is 10.0 Å². The second-order valence-electron chi connectivity index (χ2n) is 4.84. The highest BCUT2D eigenvalue weighted by Gasteiger charge is 2.34. The molecule has 0 bridgehead atoms. The van der Waals surface area contributed by atoms with Gasteiger partial charge in [-0.05, 0) is 25.2 Å². The van der Waals surface area contributed by atoms with E-state index in [9.17, 15) is 17.2 Å². The van der Waals surface area contributed by atoms with Crippen molar-refractivity contribution < 1.29 is 17.2 Å². The summed E-state index contributed by atoms with van der Waals surface area (Å²) in [6.45, 7) is 1.53. The first kappa shape index (κ1) is 15.3. The van der Waals surface area contributed by atoms with E-state index in [2.05, 4.69) is 0 Å². The van der Waals surface area contributed by atoms with Crippen LogP contribution in [0, 0.1) is 11.6 Å². The first-order valence-electron chi connectivity index (χ1n) is 6.21. The maximum atomic E-state index is 13.2. The zero-order valence-electron chi connectivity index (χ0n) is 11.1. The van der Waals surface area contributed by atoms with Crippen LogP contribution in [-0.2, 0) is 10.0 Å². The van der Waals surface area contributed by atoms with E-state index in [1.54, 1.807) is 0 Å². The highest BCUT2D eigenvalue weighted by Crippen LogP contribution is 2.22. The average molecular weight is 305 g/mol. The maximum Gasteiger partial charge on any atom is 0.243 e. The molecule has 0 amide bonds. The Bertz CT molecular complexity index is 594. The largest absolute Gasteiger partial charge is 0.329 e. The van der Waals surface area contributed by atoms with Crippen LogP contribution in [0.4, 0.5) is 8.78 Å².